The molecule has 2 N–H and O–H groups in total. The van der Waals surface area contributed by atoms with E-state index in [1.54, 1.807) is 36.0 Å². The number of aryl methyl sites for hydroxylation is 2. The number of carbonyl (C=O) groups is 2. The van der Waals surface area contributed by atoms with Crippen LogP contribution in [-0.2, 0) is 17.6 Å². The molecule has 1 aromatic carbocycles. The Hall–Kier alpha value is -2.85. The summed E-state index contributed by atoms with van der Waals surface area (Å²) in [6.45, 7) is 2.19. The van der Waals surface area contributed by atoms with Crippen molar-refractivity contribution in [1.29, 1.82) is 0 Å². The number of carbonyl (C=O) groups excluding carboxylic acids is 2. The van der Waals surface area contributed by atoms with Crippen molar-refractivity contribution >= 4 is 45.3 Å². The number of hydrogen-bond donors (Lipinski definition) is 2. The number of rotatable bonds is 6. The van der Waals surface area contributed by atoms with Crippen LogP contribution in [0.5, 0.6) is 5.75 Å². The maximum absolute atomic E-state index is 13.8. The number of fused-ring (bicyclic) bond motifs is 3. The molecule has 0 radical (unpaired) electrons. The molecular weight excluding hydrogens is 460 g/mol. The Labute approximate surface area is 199 Å². The standard InChI is InChI=1S/C23H26N4O4S2/c1-3-24-22(30)25-18(28)13-32-23-26-20-19(16-10-5-4-6-11-17(16)33-20)21(29)27(23)14-8-7-9-15(12-14)31-2/h7-9,12H,3-6,10-11,13H2,1-2H3,(H2,24,25,28,30). The number of benzene rings is 1. The third kappa shape index (κ3) is 5.06. The summed E-state index contributed by atoms with van der Waals surface area (Å²) < 4.78 is 6.90. The van der Waals surface area contributed by atoms with Crippen molar-refractivity contribution in [3.63, 3.8) is 0 Å². The van der Waals surface area contributed by atoms with Crippen LogP contribution in [0.1, 0.15) is 36.6 Å². The summed E-state index contributed by atoms with van der Waals surface area (Å²) in [6, 6.07) is 6.68. The monoisotopic (exact) mass is 486 g/mol. The second-order valence-electron chi connectivity index (χ2n) is 7.68. The minimum atomic E-state index is -0.543. The highest BCUT2D eigenvalue weighted by Crippen LogP contribution is 2.34. The summed E-state index contributed by atoms with van der Waals surface area (Å²) in [5, 5.41) is 5.89. The van der Waals surface area contributed by atoms with Crippen LogP contribution >= 0.6 is 23.1 Å². The van der Waals surface area contributed by atoms with Crippen LogP contribution in [-0.4, -0.2) is 40.9 Å². The van der Waals surface area contributed by atoms with Crippen molar-refractivity contribution in [1.82, 2.24) is 20.2 Å². The van der Waals surface area contributed by atoms with Crippen LogP contribution in [0.3, 0.4) is 0 Å². The van der Waals surface area contributed by atoms with Gasteiger partial charge in [-0.15, -0.1) is 11.3 Å². The van der Waals surface area contributed by atoms with Crippen molar-refractivity contribution in [3.05, 3.63) is 45.1 Å². The van der Waals surface area contributed by atoms with Gasteiger partial charge in [0.25, 0.3) is 5.56 Å². The molecule has 3 amide bonds. The third-order valence-corrected chi connectivity index (χ3v) is 7.57. The molecule has 0 aliphatic heterocycles. The van der Waals surface area contributed by atoms with Crippen LogP contribution in [0.2, 0.25) is 0 Å². The minimum Gasteiger partial charge on any atom is -0.497 e. The number of imide groups is 1. The first-order valence-electron chi connectivity index (χ1n) is 10.9. The smallest absolute Gasteiger partial charge is 0.321 e. The van der Waals surface area contributed by atoms with Gasteiger partial charge in [0.05, 0.1) is 23.9 Å². The van der Waals surface area contributed by atoms with Crippen LogP contribution < -0.4 is 20.9 Å². The van der Waals surface area contributed by atoms with Gasteiger partial charge >= 0.3 is 6.03 Å². The van der Waals surface area contributed by atoms with Gasteiger partial charge in [0.2, 0.25) is 5.91 Å². The Bertz CT molecular complexity index is 1250. The normalized spacial score (nSPS) is 13.3. The van der Waals surface area contributed by atoms with Crippen molar-refractivity contribution in [2.45, 2.75) is 44.2 Å². The lowest BCUT2D eigenvalue weighted by molar-refractivity contribution is -0.117. The van der Waals surface area contributed by atoms with Crippen molar-refractivity contribution < 1.29 is 14.3 Å². The molecule has 4 rings (SSSR count). The summed E-state index contributed by atoms with van der Waals surface area (Å²) in [4.78, 5) is 44.5. The van der Waals surface area contributed by atoms with Gasteiger partial charge < -0.3 is 10.1 Å². The Morgan fingerprint density at radius 3 is 2.85 bits per heavy atom. The van der Waals surface area contributed by atoms with E-state index >= 15 is 0 Å². The predicted molar refractivity (Wildman–Crippen MR) is 131 cm³/mol. The molecule has 174 valence electrons. The molecule has 1 aliphatic carbocycles. The van der Waals surface area contributed by atoms with Crippen molar-refractivity contribution in [2.24, 2.45) is 0 Å². The highest BCUT2D eigenvalue weighted by atomic mass is 32.2. The van der Waals surface area contributed by atoms with E-state index in [9.17, 15) is 14.4 Å². The fourth-order valence-corrected chi connectivity index (χ4v) is 6.05. The summed E-state index contributed by atoms with van der Waals surface area (Å²) in [7, 11) is 1.57. The fraction of sp³-hybridized carbons (Fsp3) is 0.391. The van der Waals surface area contributed by atoms with Crippen LogP contribution in [0.15, 0.2) is 34.2 Å². The number of aromatic nitrogens is 2. The molecule has 10 heteroatoms. The largest absolute Gasteiger partial charge is 0.497 e. The number of methoxy groups -OCH3 is 1. The van der Waals surface area contributed by atoms with Gasteiger partial charge in [0.15, 0.2) is 5.16 Å². The van der Waals surface area contributed by atoms with E-state index in [1.807, 2.05) is 18.2 Å². The summed E-state index contributed by atoms with van der Waals surface area (Å²) in [6.07, 6.45) is 5.19. The SMILES string of the molecule is CCNC(=O)NC(=O)CSc1nc2sc3c(c2c(=O)n1-c1cccc(OC)c1)CCCCC3. The number of urea groups is 1. The first-order chi connectivity index (χ1) is 16.0. The third-order valence-electron chi connectivity index (χ3n) is 5.44. The first kappa shape index (κ1) is 23.3. The lowest BCUT2D eigenvalue weighted by atomic mass is 10.1. The zero-order valence-electron chi connectivity index (χ0n) is 18.6. The molecule has 0 saturated heterocycles. The molecular formula is C23H26N4O4S2. The second-order valence-corrected chi connectivity index (χ2v) is 9.70. The predicted octanol–water partition coefficient (Wildman–Crippen LogP) is 3.66. The average molecular weight is 487 g/mol. The second kappa shape index (κ2) is 10.4. The van der Waals surface area contributed by atoms with Crippen molar-refractivity contribution in [3.8, 4) is 11.4 Å². The molecule has 0 saturated carbocycles. The number of thioether (sulfide) groups is 1. The maximum Gasteiger partial charge on any atom is 0.321 e. The Morgan fingerprint density at radius 2 is 2.06 bits per heavy atom. The van der Waals surface area contributed by atoms with E-state index in [4.69, 9.17) is 9.72 Å². The average Bonchev–Trinajstić information content (AvgIpc) is 2.99. The highest BCUT2D eigenvalue weighted by Gasteiger charge is 2.23. The lowest BCUT2D eigenvalue weighted by Crippen LogP contribution is -2.40. The van der Waals surface area contributed by atoms with E-state index < -0.39 is 11.9 Å². The van der Waals surface area contributed by atoms with E-state index in [0.29, 0.717) is 33.4 Å². The summed E-state index contributed by atoms with van der Waals surface area (Å²) in [5.41, 5.74) is 1.60. The maximum atomic E-state index is 13.8. The van der Waals surface area contributed by atoms with Gasteiger partial charge in [-0.25, -0.2) is 9.78 Å². The number of ether oxygens (including phenoxy) is 1. The van der Waals surface area contributed by atoms with Gasteiger partial charge in [-0.2, -0.15) is 0 Å². The molecule has 33 heavy (non-hydrogen) atoms. The highest BCUT2D eigenvalue weighted by molar-refractivity contribution is 7.99. The van der Waals surface area contributed by atoms with E-state index in [1.165, 1.54) is 4.88 Å². The van der Waals surface area contributed by atoms with Gasteiger partial charge in [-0.3, -0.25) is 19.5 Å². The van der Waals surface area contributed by atoms with E-state index in [-0.39, 0.29) is 11.3 Å². The zero-order chi connectivity index (χ0) is 23.4. The number of hydrogen-bond acceptors (Lipinski definition) is 7. The Kier molecular flexibility index (Phi) is 7.34. The van der Waals surface area contributed by atoms with Gasteiger partial charge in [-0.05, 0) is 50.3 Å². The number of thiophene rings is 1. The Morgan fingerprint density at radius 1 is 1.24 bits per heavy atom. The summed E-state index contributed by atoms with van der Waals surface area (Å²) >= 11 is 2.71. The quantitative estimate of drug-likeness (QED) is 0.313. The van der Waals surface area contributed by atoms with Gasteiger partial charge in [0.1, 0.15) is 10.6 Å². The molecule has 0 atom stereocenters. The minimum absolute atomic E-state index is 0.0514. The molecule has 3 aromatic rings. The van der Waals surface area contributed by atoms with E-state index in [2.05, 4.69) is 10.6 Å². The molecule has 2 heterocycles. The topological polar surface area (TPSA) is 102 Å². The lowest BCUT2D eigenvalue weighted by Gasteiger charge is -2.13. The Balaban J connectivity index is 1.78. The molecule has 0 bridgehead atoms. The molecule has 2 aromatic heterocycles. The van der Waals surface area contributed by atoms with Crippen LogP contribution in [0.25, 0.3) is 15.9 Å². The number of nitrogens with zero attached hydrogens (tertiary/aromatic N) is 2. The number of nitrogens with one attached hydrogen (secondary N) is 2. The first-order valence-corrected chi connectivity index (χ1v) is 12.7. The van der Waals surface area contributed by atoms with Gasteiger partial charge in [0, 0.05) is 17.5 Å². The molecule has 8 nitrogen and oxygen atoms in total. The van der Waals surface area contributed by atoms with Gasteiger partial charge in [-0.1, -0.05) is 24.2 Å². The van der Waals surface area contributed by atoms with Crippen molar-refractivity contribution in [2.75, 3.05) is 19.4 Å². The molecule has 0 spiro atoms. The van der Waals surface area contributed by atoms with Crippen LogP contribution in [0, 0.1) is 0 Å². The zero-order valence-corrected chi connectivity index (χ0v) is 20.2. The van der Waals surface area contributed by atoms with E-state index in [0.717, 1.165) is 49.4 Å². The molecule has 0 unspecified atom stereocenters. The molecule has 1 aliphatic rings. The fourth-order valence-electron chi connectivity index (χ4n) is 3.93. The summed E-state index contributed by atoms with van der Waals surface area (Å²) in [5.74, 6) is 0.109. The molecule has 0 fully saturated rings. The number of amides is 3. The van der Waals surface area contributed by atoms with Crippen LogP contribution in [0.4, 0.5) is 4.79 Å².